The number of aromatic amines is 2. The van der Waals surface area contributed by atoms with Crippen molar-refractivity contribution >= 4 is 22.1 Å². The Balaban J connectivity index is 1.52. The molecule has 8 nitrogen and oxygen atoms in total. The fourth-order valence-corrected chi connectivity index (χ4v) is 3.52. The van der Waals surface area contributed by atoms with Crippen molar-refractivity contribution in [1.29, 1.82) is 0 Å². The highest BCUT2D eigenvalue weighted by atomic mass is 15.2. The summed E-state index contributed by atoms with van der Waals surface area (Å²) in [5, 5.41) is 8.32. The molecule has 0 spiro atoms. The summed E-state index contributed by atoms with van der Waals surface area (Å²) in [7, 11) is 0. The largest absolute Gasteiger partial charge is 0.336 e. The van der Waals surface area contributed by atoms with Crippen LogP contribution in [0.25, 0.3) is 56.1 Å². The molecule has 0 atom stereocenters. The second kappa shape index (κ2) is 6.56. The Morgan fingerprint density at radius 1 is 0.767 bits per heavy atom. The summed E-state index contributed by atoms with van der Waals surface area (Å²) >= 11 is 0. The van der Waals surface area contributed by atoms with E-state index in [0.717, 1.165) is 38.9 Å². The zero-order valence-electron chi connectivity index (χ0n) is 15.6. The van der Waals surface area contributed by atoms with Crippen molar-refractivity contribution in [3.63, 3.8) is 0 Å². The van der Waals surface area contributed by atoms with E-state index in [4.69, 9.17) is 4.98 Å². The maximum absolute atomic E-state index is 4.81. The average molecular weight is 390 g/mol. The van der Waals surface area contributed by atoms with Gasteiger partial charge in [0.2, 0.25) is 0 Å². The van der Waals surface area contributed by atoms with Crippen LogP contribution in [0.15, 0.2) is 73.4 Å². The maximum Gasteiger partial charge on any atom is 0.159 e. The van der Waals surface area contributed by atoms with Gasteiger partial charge in [-0.05, 0) is 36.4 Å². The summed E-state index contributed by atoms with van der Waals surface area (Å²) in [6, 6.07) is 13.6. The molecule has 8 heteroatoms. The lowest BCUT2D eigenvalue weighted by Gasteiger charge is -2.00. The minimum Gasteiger partial charge on any atom is -0.336 e. The molecule has 0 aliphatic carbocycles. The minimum absolute atomic E-state index is 0.648. The molecule has 0 saturated carbocycles. The van der Waals surface area contributed by atoms with Crippen molar-refractivity contribution in [2.24, 2.45) is 0 Å². The first kappa shape index (κ1) is 16.5. The monoisotopic (exact) mass is 390 g/mol. The number of hydrogen-bond acceptors (Lipinski definition) is 6. The number of nitrogens with one attached hydrogen (secondary N) is 2. The molecule has 6 heterocycles. The topological polar surface area (TPSA) is 109 Å². The third kappa shape index (κ3) is 2.62. The van der Waals surface area contributed by atoms with Crippen molar-refractivity contribution in [3.05, 3.63) is 73.4 Å². The van der Waals surface area contributed by atoms with Gasteiger partial charge in [-0.1, -0.05) is 6.07 Å². The molecule has 30 heavy (non-hydrogen) atoms. The molecule has 6 aromatic heterocycles. The second-order valence-electron chi connectivity index (χ2n) is 6.79. The van der Waals surface area contributed by atoms with Gasteiger partial charge in [0.1, 0.15) is 11.2 Å². The van der Waals surface area contributed by atoms with Crippen LogP contribution in [0, 0.1) is 0 Å². The Kier molecular flexibility index (Phi) is 3.60. The lowest BCUT2D eigenvalue weighted by atomic mass is 10.1. The summed E-state index contributed by atoms with van der Waals surface area (Å²) in [6.45, 7) is 0. The van der Waals surface area contributed by atoms with Gasteiger partial charge in [0.15, 0.2) is 11.5 Å². The predicted octanol–water partition coefficient (Wildman–Crippen LogP) is 4.02. The quantitative estimate of drug-likeness (QED) is 0.472. The molecular weight excluding hydrogens is 376 g/mol. The van der Waals surface area contributed by atoms with E-state index in [0.29, 0.717) is 17.2 Å². The summed E-state index contributed by atoms with van der Waals surface area (Å²) in [4.78, 5) is 25.8. The van der Waals surface area contributed by atoms with Crippen LogP contribution in [0.5, 0.6) is 0 Å². The summed E-state index contributed by atoms with van der Waals surface area (Å²) in [5.74, 6) is 0.648. The molecule has 0 aliphatic rings. The first-order valence-electron chi connectivity index (χ1n) is 9.38. The number of imidazole rings is 1. The van der Waals surface area contributed by atoms with Crippen molar-refractivity contribution in [3.8, 4) is 34.0 Å². The van der Waals surface area contributed by atoms with E-state index >= 15 is 0 Å². The van der Waals surface area contributed by atoms with Gasteiger partial charge in [-0.15, -0.1) is 0 Å². The number of hydrogen-bond donors (Lipinski definition) is 2. The van der Waals surface area contributed by atoms with Crippen LogP contribution >= 0.6 is 0 Å². The van der Waals surface area contributed by atoms with Crippen LogP contribution in [-0.2, 0) is 0 Å². The van der Waals surface area contributed by atoms with Gasteiger partial charge in [-0.25, -0.2) is 9.97 Å². The highest BCUT2D eigenvalue weighted by Crippen LogP contribution is 2.30. The summed E-state index contributed by atoms with van der Waals surface area (Å²) in [6.07, 6.45) is 8.83. The van der Waals surface area contributed by atoms with Crippen molar-refractivity contribution in [1.82, 2.24) is 40.1 Å². The van der Waals surface area contributed by atoms with Gasteiger partial charge in [0.25, 0.3) is 0 Å². The zero-order valence-corrected chi connectivity index (χ0v) is 15.6. The molecule has 0 bridgehead atoms. The number of rotatable bonds is 3. The smallest absolute Gasteiger partial charge is 0.159 e. The molecule has 0 aliphatic heterocycles. The van der Waals surface area contributed by atoms with E-state index in [2.05, 4.69) is 35.1 Å². The highest BCUT2D eigenvalue weighted by molar-refractivity contribution is 5.95. The van der Waals surface area contributed by atoms with E-state index in [1.807, 2.05) is 42.5 Å². The van der Waals surface area contributed by atoms with E-state index in [1.165, 1.54) is 0 Å². The van der Waals surface area contributed by atoms with Crippen LogP contribution in [-0.4, -0.2) is 40.1 Å². The van der Waals surface area contributed by atoms with E-state index in [1.54, 1.807) is 31.0 Å². The highest BCUT2D eigenvalue weighted by Gasteiger charge is 2.17. The second-order valence-corrected chi connectivity index (χ2v) is 6.79. The molecule has 6 aromatic rings. The zero-order chi connectivity index (χ0) is 19.9. The number of nitrogens with zero attached hydrogens (tertiary/aromatic N) is 6. The first-order valence-corrected chi connectivity index (χ1v) is 9.38. The molecule has 0 amide bonds. The number of fused-ring (bicyclic) bond motifs is 2. The van der Waals surface area contributed by atoms with Crippen molar-refractivity contribution in [2.75, 3.05) is 0 Å². The lowest BCUT2D eigenvalue weighted by Crippen LogP contribution is -1.86. The maximum atomic E-state index is 4.81. The van der Waals surface area contributed by atoms with Crippen molar-refractivity contribution in [2.45, 2.75) is 0 Å². The van der Waals surface area contributed by atoms with E-state index < -0.39 is 0 Å². The minimum atomic E-state index is 0.648. The normalized spacial score (nSPS) is 11.3. The van der Waals surface area contributed by atoms with Crippen LogP contribution in [0.3, 0.4) is 0 Å². The van der Waals surface area contributed by atoms with E-state index in [-0.39, 0.29) is 0 Å². The third-order valence-electron chi connectivity index (χ3n) is 4.94. The first-order chi connectivity index (χ1) is 14.9. The molecule has 0 radical (unpaired) electrons. The molecule has 0 saturated heterocycles. The van der Waals surface area contributed by atoms with Crippen LogP contribution in [0.4, 0.5) is 0 Å². The fraction of sp³-hybridized carbons (Fsp3) is 0. The third-order valence-corrected chi connectivity index (χ3v) is 4.94. The van der Waals surface area contributed by atoms with Crippen LogP contribution in [0.1, 0.15) is 0 Å². The molecule has 0 fully saturated rings. The Bertz CT molecular complexity index is 1490. The lowest BCUT2D eigenvalue weighted by molar-refractivity contribution is 1.09. The predicted molar refractivity (Wildman–Crippen MR) is 113 cm³/mol. The molecular formula is C22H14N8. The standard InChI is InChI=1S/C22H14N8/c1-2-8-24-16(5-1)14-10-15-19(29-30-21(15)26-12-14)22-27-17-6-9-25-18(20(17)28-22)13-4-3-7-23-11-13/h1-12H,(H,27,28)(H,26,29,30). The Hall–Kier alpha value is -4.46. The van der Waals surface area contributed by atoms with Gasteiger partial charge in [0, 0.05) is 42.1 Å². The van der Waals surface area contributed by atoms with Gasteiger partial charge < -0.3 is 4.98 Å². The van der Waals surface area contributed by atoms with Crippen LogP contribution in [0.2, 0.25) is 0 Å². The summed E-state index contributed by atoms with van der Waals surface area (Å²) < 4.78 is 0. The van der Waals surface area contributed by atoms with Crippen LogP contribution < -0.4 is 0 Å². The van der Waals surface area contributed by atoms with Gasteiger partial charge >= 0.3 is 0 Å². The number of pyridine rings is 4. The molecule has 0 aromatic carbocycles. The Labute approximate surface area is 170 Å². The molecule has 142 valence electrons. The molecule has 2 N–H and O–H groups in total. The van der Waals surface area contributed by atoms with E-state index in [9.17, 15) is 0 Å². The molecule has 6 rings (SSSR count). The number of H-pyrrole nitrogens is 2. The van der Waals surface area contributed by atoms with Gasteiger partial charge in [0.05, 0.1) is 22.3 Å². The van der Waals surface area contributed by atoms with Gasteiger partial charge in [-0.2, -0.15) is 5.10 Å². The Morgan fingerprint density at radius 3 is 2.63 bits per heavy atom. The van der Waals surface area contributed by atoms with Gasteiger partial charge in [-0.3, -0.25) is 20.1 Å². The SMILES string of the molecule is c1ccc(-c2cnc3[nH]nc(-c4nc5c(-c6cccnc6)nccc5[nH]4)c3c2)nc1. The fourth-order valence-electron chi connectivity index (χ4n) is 3.52. The van der Waals surface area contributed by atoms with Crippen molar-refractivity contribution < 1.29 is 0 Å². The number of aromatic nitrogens is 8. The Morgan fingerprint density at radius 2 is 1.77 bits per heavy atom. The molecule has 0 unspecified atom stereocenters. The summed E-state index contributed by atoms with van der Waals surface area (Å²) in [5.41, 5.74) is 6.49. The average Bonchev–Trinajstić information content (AvgIpc) is 3.43.